The second kappa shape index (κ2) is 6.75. The van der Waals surface area contributed by atoms with Gasteiger partial charge < -0.3 is 13.7 Å². The molecule has 0 unspecified atom stereocenters. The zero-order chi connectivity index (χ0) is 20.0. The van der Waals surface area contributed by atoms with E-state index in [0.29, 0.717) is 0 Å². The Morgan fingerprint density at radius 3 is 2.26 bits per heavy atom. The van der Waals surface area contributed by atoms with Crippen molar-refractivity contribution < 1.29 is 9.16 Å². The molecule has 0 aliphatic carbocycles. The highest BCUT2D eigenvalue weighted by molar-refractivity contribution is 6.74. The lowest BCUT2D eigenvalue weighted by Crippen LogP contribution is -2.44. The molecule has 0 saturated heterocycles. The average Bonchev–Trinajstić information content (AvgIpc) is 2.80. The van der Waals surface area contributed by atoms with Crippen LogP contribution in [0.3, 0.4) is 0 Å². The summed E-state index contributed by atoms with van der Waals surface area (Å²) in [7, 11) is 0.160. The van der Waals surface area contributed by atoms with Crippen molar-refractivity contribution in [1.82, 2.24) is 4.57 Å². The first kappa shape index (κ1) is 19.6. The molecule has 0 saturated carbocycles. The molecule has 3 rings (SSSR count). The summed E-state index contributed by atoms with van der Waals surface area (Å²) in [6, 6.07) is 14.3. The van der Waals surface area contributed by atoms with Crippen LogP contribution in [0.2, 0.25) is 18.1 Å². The lowest BCUT2D eigenvalue weighted by Gasteiger charge is -2.36. The highest BCUT2D eigenvalue weighted by atomic mass is 28.4. The summed E-state index contributed by atoms with van der Waals surface area (Å²) in [6.45, 7) is 15.6. The fraction of sp³-hybridized carbons (Fsp3) is 0.391. The fourth-order valence-corrected chi connectivity index (χ4v) is 3.99. The zero-order valence-corrected chi connectivity index (χ0v) is 18.8. The van der Waals surface area contributed by atoms with Gasteiger partial charge in [-0.1, -0.05) is 39.0 Å². The number of para-hydroxylation sites is 1. The van der Waals surface area contributed by atoms with Crippen molar-refractivity contribution in [2.75, 3.05) is 0 Å². The van der Waals surface area contributed by atoms with Crippen LogP contribution >= 0.6 is 0 Å². The summed E-state index contributed by atoms with van der Waals surface area (Å²) >= 11 is 0. The van der Waals surface area contributed by atoms with E-state index in [-0.39, 0.29) is 5.04 Å². The number of rotatable bonds is 4. The first-order valence-electron chi connectivity index (χ1n) is 9.53. The molecule has 0 atom stereocenters. The molecule has 0 spiro atoms. The standard InChI is InChI=1S/C23H31NO2Si/c1-16-11-9-10-12-21(16)25-18-13-14-20-19(15-18)22(17(2)24(20)6)26-27(7,8)23(3,4)5/h9-15H,1-8H3. The third kappa shape index (κ3) is 3.63. The van der Waals surface area contributed by atoms with Gasteiger partial charge in [-0.05, 0) is 61.8 Å². The molecule has 0 amide bonds. The molecule has 0 bridgehead atoms. The van der Waals surface area contributed by atoms with Crippen LogP contribution in [0.5, 0.6) is 17.2 Å². The first-order chi connectivity index (χ1) is 12.5. The predicted molar refractivity (Wildman–Crippen MR) is 117 cm³/mol. The van der Waals surface area contributed by atoms with Gasteiger partial charge in [0, 0.05) is 12.4 Å². The molecule has 0 fully saturated rings. The molecule has 3 aromatic rings. The minimum Gasteiger partial charge on any atom is -0.542 e. The zero-order valence-electron chi connectivity index (χ0n) is 17.8. The SMILES string of the molecule is Cc1ccccc1Oc1ccc2c(c1)c(O[Si](C)(C)C(C)(C)C)c(C)n2C. The Morgan fingerprint density at radius 2 is 1.63 bits per heavy atom. The first-order valence-corrected chi connectivity index (χ1v) is 12.4. The lowest BCUT2D eigenvalue weighted by molar-refractivity contribution is 0.478. The van der Waals surface area contributed by atoms with Gasteiger partial charge in [-0.25, -0.2) is 0 Å². The maximum atomic E-state index is 6.72. The molecule has 2 aromatic carbocycles. The number of ether oxygens (including phenoxy) is 1. The van der Waals surface area contributed by atoms with E-state index in [0.717, 1.165) is 33.9 Å². The van der Waals surface area contributed by atoms with Gasteiger partial charge in [0.2, 0.25) is 0 Å². The Bertz CT molecular complexity index is 980. The molecular weight excluding hydrogens is 350 g/mol. The van der Waals surface area contributed by atoms with Crippen molar-refractivity contribution in [3.05, 3.63) is 53.7 Å². The number of aromatic nitrogens is 1. The van der Waals surface area contributed by atoms with Crippen molar-refractivity contribution in [3.8, 4) is 17.2 Å². The summed E-state index contributed by atoms with van der Waals surface area (Å²) < 4.78 is 15.1. The highest BCUT2D eigenvalue weighted by Crippen LogP contribution is 2.42. The van der Waals surface area contributed by atoms with Crippen molar-refractivity contribution in [2.45, 2.75) is 52.8 Å². The van der Waals surface area contributed by atoms with Crippen LogP contribution in [-0.4, -0.2) is 12.9 Å². The monoisotopic (exact) mass is 381 g/mol. The number of aryl methyl sites for hydroxylation is 2. The molecular formula is C23H31NO2Si. The van der Waals surface area contributed by atoms with E-state index >= 15 is 0 Å². The average molecular weight is 382 g/mol. The predicted octanol–water partition coefficient (Wildman–Crippen LogP) is 6.97. The van der Waals surface area contributed by atoms with Gasteiger partial charge in [-0.3, -0.25) is 0 Å². The van der Waals surface area contributed by atoms with Crippen molar-refractivity contribution in [1.29, 1.82) is 0 Å². The topological polar surface area (TPSA) is 23.4 Å². The minimum absolute atomic E-state index is 0.150. The maximum absolute atomic E-state index is 6.72. The smallest absolute Gasteiger partial charge is 0.250 e. The summed E-state index contributed by atoms with van der Waals surface area (Å²) in [6.07, 6.45) is 0. The molecule has 0 radical (unpaired) electrons. The number of hydrogen-bond donors (Lipinski definition) is 0. The Morgan fingerprint density at radius 1 is 0.963 bits per heavy atom. The van der Waals surface area contributed by atoms with E-state index in [2.05, 4.69) is 77.5 Å². The normalized spacial score (nSPS) is 12.4. The third-order valence-electron chi connectivity index (χ3n) is 5.89. The molecule has 3 nitrogen and oxygen atoms in total. The van der Waals surface area contributed by atoms with Crippen molar-refractivity contribution >= 4 is 19.2 Å². The number of nitrogens with zero attached hydrogens (tertiary/aromatic N) is 1. The largest absolute Gasteiger partial charge is 0.542 e. The Kier molecular flexibility index (Phi) is 4.89. The van der Waals surface area contributed by atoms with E-state index in [1.807, 2.05) is 24.3 Å². The van der Waals surface area contributed by atoms with Gasteiger partial charge in [0.15, 0.2) is 0 Å². The van der Waals surface area contributed by atoms with Crippen LogP contribution < -0.4 is 9.16 Å². The molecule has 144 valence electrons. The van der Waals surface area contributed by atoms with Crippen LogP contribution in [0.25, 0.3) is 10.9 Å². The summed E-state index contributed by atoms with van der Waals surface area (Å²) in [5, 5.41) is 1.27. The van der Waals surface area contributed by atoms with Gasteiger partial charge in [-0.2, -0.15) is 0 Å². The second-order valence-corrected chi connectivity index (χ2v) is 13.6. The van der Waals surface area contributed by atoms with Crippen LogP contribution in [0.15, 0.2) is 42.5 Å². The molecule has 1 heterocycles. The van der Waals surface area contributed by atoms with E-state index in [1.54, 1.807) is 0 Å². The summed E-state index contributed by atoms with van der Waals surface area (Å²) in [4.78, 5) is 0. The quantitative estimate of drug-likeness (QED) is 0.455. The van der Waals surface area contributed by atoms with Crippen LogP contribution in [0, 0.1) is 13.8 Å². The number of hydrogen-bond acceptors (Lipinski definition) is 2. The maximum Gasteiger partial charge on any atom is 0.250 e. The van der Waals surface area contributed by atoms with Gasteiger partial charge in [0.1, 0.15) is 17.2 Å². The Hall–Kier alpha value is -2.20. The van der Waals surface area contributed by atoms with Crippen LogP contribution in [0.1, 0.15) is 32.0 Å². The van der Waals surface area contributed by atoms with E-state index in [4.69, 9.17) is 9.16 Å². The molecule has 0 N–H and O–H groups in total. The molecule has 27 heavy (non-hydrogen) atoms. The molecule has 1 aromatic heterocycles. The summed E-state index contributed by atoms with van der Waals surface area (Å²) in [5.74, 6) is 2.72. The molecule has 0 aliphatic heterocycles. The summed E-state index contributed by atoms with van der Waals surface area (Å²) in [5.41, 5.74) is 3.45. The lowest BCUT2D eigenvalue weighted by atomic mass is 10.2. The fourth-order valence-electron chi connectivity index (χ4n) is 2.92. The number of fused-ring (bicyclic) bond motifs is 1. The minimum atomic E-state index is -1.94. The van der Waals surface area contributed by atoms with E-state index < -0.39 is 8.32 Å². The van der Waals surface area contributed by atoms with Gasteiger partial charge in [0.25, 0.3) is 8.32 Å². The van der Waals surface area contributed by atoms with Crippen molar-refractivity contribution in [2.24, 2.45) is 7.05 Å². The number of benzene rings is 2. The van der Waals surface area contributed by atoms with Crippen molar-refractivity contribution in [3.63, 3.8) is 0 Å². The van der Waals surface area contributed by atoms with E-state index in [1.165, 1.54) is 5.52 Å². The highest BCUT2D eigenvalue weighted by Gasteiger charge is 2.40. The second-order valence-electron chi connectivity index (χ2n) is 8.88. The van der Waals surface area contributed by atoms with Crippen LogP contribution in [0.4, 0.5) is 0 Å². The third-order valence-corrected chi connectivity index (χ3v) is 10.2. The van der Waals surface area contributed by atoms with E-state index in [9.17, 15) is 0 Å². The molecule has 4 heteroatoms. The van der Waals surface area contributed by atoms with Gasteiger partial charge in [0.05, 0.1) is 11.2 Å². The molecule has 0 aliphatic rings. The Balaban J connectivity index is 2.06. The van der Waals surface area contributed by atoms with Gasteiger partial charge in [-0.15, -0.1) is 0 Å². The Labute approximate surface area is 164 Å². The van der Waals surface area contributed by atoms with Crippen LogP contribution in [-0.2, 0) is 7.05 Å². The van der Waals surface area contributed by atoms with Gasteiger partial charge >= 0.3 is 0 Å².